The van der Waals surface area contributed by atoms with Gasteiger partial charge in [0.15, 0.2) is 0 Å². The average molecular weight is 534 g/mol. The quantitative estimate of drug-likeness (QED) is 0.361. The Kier molecular flexibility index (Phi) is 7.84. The molecule has 1 saturated heterocycles. The minimum Gasteiger partial charge on any atom is -0.348 e. The Morgan fingerprint density at radius 2 is 2.03 bits per heavy atom. The zero-order valence-electron chi connectivity index (χ0n) is 22.6. The van der Waals surface area contributed by atoms with Gasteiger partial charge < -0.3 is 21.7 Å². The summed E-state index contributed by atoms with van der Waals surface area (Å²) in [6.07, 6.45) is 4.70. The molecule has 8 heteroatoms. The van der Waals surface area contributed by atoms with Crippen LogP contribution in [0.2, 0.25) is 0 Å². The van der Waals surface area contributed by atoms with Crippen LogP contribution in [0.15, 0.2) is 36.4 Å². The zero-order chi connectivity index (χ0) is 26.9. The molecule has 38 heavy (non-hydrogen) atoms. The highest BCUT2D eigenvalue weighted by Gasteiger charge is 2.30. The van der Waals surface area contributed by atoms with E-state index in [9.17, 15) is 9.59 Å². The first-order chi connectivity index (χ1) is 18.2. The van der Waals surface area contributed by atoms with Crippen LogP contribution < -0.4 is 21.7 Å². The molecule has 3 atom stereocenters. The number of pyridine rings is 1. The van der Waals surface area contributed by atoms with E-state index in [2.05, 4.69) is 42.8 Å². The number of carbonyl (C=O) groups excluding carboxylic acids is 2. The summed E-state index contributed by atoms with van der Waals surface area (Å²) in [6.45, 7) is 9.08. The first kappa shape index (κ1) is 26.8. The number of fused-ring (bicyclic) bond motifs is 2. The Labute approximate surface area is 229 Å². The van der Waals surface area contributed by atoms with Gasteiger partial charge in [0, 0.05) is 29.2 Å². The SMILES string of the molecule is CC(C)(C)[C@H]1CCc2nc3sc(C(=O)N[C@H](CCN)c4cccc(C(=O)N[C@H]5CCNC5)c4)cc3cc2C1. The fraction of sp³-hybridized carbons (Fsp3) is 0.500. The predicted molar refractivity (Wildman–Crippen MR) is 154 cm³/mol. The van der Waals surface area contributed by atoms with Crippen molar-refractivity contribution in [2.24, 2.45) is 17.1 Å². The first-order valence-electron chi connectivity index (χ1n) is 13.8. The molecule has 5 rings (SSSR count). The maximum Gasteiger partial charge on any atom is 0.261 e. The molecule has 1 aliphatic heterocycles. The molecule has 3 heterocycles. The van der Waals surface area contributed by atoms with Gasteiger partial charge in [-0.2, -0.15) is 0 Å². The number of hydrogen-bond acceptors (Lipinski definition) is 6. The van der Waals surface area contributed by atoms with Crippen molar-refractivity contribution in [3.8, 4) is 0 Å². The van der Waals surface area contributed by atoms with Crippen LogP contribution in [0.4, 0.5) is 0 Å². The Balaban J connectivity index is 1.32. The maximum absolute atomic E-state index is 13.4. The molecule has 1 fully saturated rings. The largest absolute Gasteiger partial charge is 0.348 e. The van der Waals surface area contributed by atoms with Gasteiger partial charge in [-0.1, -0.05) is 32.9 Å². The van der Waals surface area contributed by atoms with E-state index in [0.717, 1.165) is 54.6 Å². The van der Waals surface area contributed by atoms with Gasteiger partial charge in [-0.05, 0) is 91.9 Å². The smallest absolute Gasteiger partial charge is 0.261 e. The normalized spacial score (nSPS) is 20.2. The summed E-state index contributed by atoms with van der Waals surface area (Å²) in [5.74, 6) is 0.413. The second kappa shape index (κ2) is 11.1. The molecule has 0 unspecified atom stereocenters. The van der Waals surface area contributed by atoms with Crippen molar-refractivity contribution in [2.45, 2.75) is 65.0 Å². The molecule has 2 amide bonds. The summed E-state index contributed by atoms with van der Waals surface area (Å²) in [5, 5.41) is 10.6. The fourth-order valence-corrected chi connectivity index (χ4v) is 6.57. The third-order valence-electron chi connectivity index (χ3n) is 8.03. The highest BCUT2D eigenvalue weighted by molar-refractivity contribution is 7.20. The number of amides is 2. The number of nitrogens with two attached hydrogens (primary N) is 1. The van der Waals surface area contributed by atoms with Gasteiger partial charge in [0.25, 0.3) is 11.8 Å². The Morgan fingerprint density at radius 1 is 1.18 bits per heavy atom. The van der Waals surface area contributed by atoms with Crippen molar-refractivity contribution in [1.29, 1.82) is 0 Å². The number of nitrogens with one attached hydrogen (secondary N) is 3. The lowest BCUT2D eigenvalue weighted by Crippen LogP contribution is -2.36. The van der Waals surface area contributed by atoms with E-state index >= 15 is 0 Å². The van der Waals surface area contributed by atoms with Crippen LogP contribution in [0.1, 0.15) is 82.9 Å². The van der Waals surface area contributed by atoms with Crippen LogP contribution in [0.3, 0.4) is 0 Å². The predicted octanol–water partition coefficient (Wildman–Crippen LogP) is 4.36. The van der Waals surface area contributed by atoms with Crippen molar-refractivity contribution in [3.63, 3.8) is 0 Å². The molecule has 2 aromatic heterocycles. The minimum absolute atomic E-state index is 0.0911. The van der Waals surface area contributed by atoms with Crippen LogP contribution in [-0.2, 0) is 12.8 Å². The Hall–Kier alpha value is -2.81. The summed E-state index contributed by atoms with van der Waals surface area (Å²) < 4.78 is 0. The summed E-state index contributed by atoms with van der Waals surface area (Å²) in [7, 11) is 0. The van der Waals surface area contributed by atoms with Crippen LogP contribution in [0.25, 0.3) is 10.2 Å². The molecular formula is C30H39N5O2S. The van der Waals surface area contributed by atoms with Crippen molar-refractivity contribution >= 4 is 33.4 Å². The second-order valence-electron chi connectivity index (χ2n) is 11.8. The standard InChI is InChI=1S/C30H39N5O2S/c1-30(2,3)22-7-8-24-20(15-22)14-21-16-26(38-29(21)35-24)28(37)34-25(9-11-31)18-5-4-6-19(13-18)27(36)33-23-10-12-32-17-23/h4-6,13-14,16,22-23,25,32H,7-12,15,17,31H2,1-3H3,(H,33,36)(H,34,37)/t22-,23-,25+/m0/s1. The number of aryl methyl sites for hydroxylation is 1. The van der Waals surface area contributed by atoms with Crippen molar-refractivity contribution in [3.05, 3.63) is 63.7 Å². The third-order valence-corrected chi connectivity index (χ3v) is 9.07. The number of benzene rings is 1. The van der Waals surface area contributed by atoms with Crippen LogP contribution in [0, 0.1) is 11.3 Å². The molecule has 202 valence electrons. The van der Waals surface area contributed by atoms with Crippen LogP contribution in [-0.4, -0.2) is 42.5 Å². The summed E-state index contributed by atoms with van der Waals surface area (Å²) in [5.41, 5.74) is 10.2. The van der Waals surface area contributed by atoms with Crippen LogP contribution >= 0.6 is 11.3 Å². The van der Waals surface area contributed by atoms with Gasteiger partial charge in [0.1, 0.15) is 4.83 Å². The Morgan fingerprint density at radius 3 is 2.76 bits per heavy atom. The zero-order valence-corrected chi connectivity index (χ0v) is 23.4. The fourth-order valence-electron chi connectivity index (χ4n) is 5.64. The van der Waals surface area contributed by atoms with Crippen molar-refractivity contribution < 1.29 is 9.59 Å². The minimum atomic E-state index is -0.285. The lowest BCUT2D eigenvalue weighted by molar-refractivity contribution is 0.0934. The number of nitrogens with zero attached hydrogens (tertiary/aromatic N) is 1. The molecule has 0 bridgehead atoms. The van der Waals surface area contributed by atoms with Gasteiger partial charge >= 0.3 is 0 Å². The molecular weight excluding hydrogens is 494 g/mol. The van der Waals surface area contributed by atoms with Gasteiger partial charge in [-0.25, -0.2) is 4.98 Å². The van der Waals surface area contributed by atoms with Gasteiger partial charge in [0.2, 0.25) is 0 Å². The van der Waals surface area contributed by atoms with E-state index in [1.807, 2.05) is 30.3 Å². The van der Waals surface area contributed by atoms with E-state index in [1.165, 1.54) is 22.6 Å². The number of aromatic nitrogens is 1. The number of carbonyl (C=O) groups is 2. The van der Waals surface area contributed by atoms with E-state index in [-0.39, 0.29) is 29.3 Å². The third kappa shape index (κ3) is 5.92. The summed E-state index contributed by atoms with van der Waals surface area (Å²) >= 11 is 1.44. The molecule has 1 aliphatic carbocycles. The highest BCUT2D eigenvalue weighted by Crippen LogP contribution is 2.38. The van der Waals surface area contributed by atoms with Crippen molar-refractivity contribution in [2.75, 3.05) is 19.6 Å². The van der Waals surface area contributed by atoms with Crippen molar-refractivity contribution in [1.82, 2.24) is 20.9 Å². The van der Waals surface area contributed by atoms with Crippen LogP contribution in [0.5, 0.6) is 0 Å². The number of thiophene rings is 1. The molecule has 2 aliphatic rings. The van der Waals surface area contributed by atoms with Gasteiger partial charge in [-0.3, -0.25) is 9.59 Å². The number of rotatable bonds is 7. The number of hydrogen-bond donors (Lipinski definition) is 4. The van der Waals surface area contributed by atoms with E-state index < -0.39 is 0 Å². The van der Waals surface area contributed by atoms with Gasteiger partial charge in [-0.15, -0.1) is 11.3 Å². The van der Waals surface area contributed by atoms with E-state index in [4.69, 9.17) is 10.7 Å². The molecule has 0 spiro atoms. The summed E-state index contributed by atoms with van der Waals surface area (Å²) in [6, 6.07) is 11.6. The first-order valence-corrected chi connectivity index (χ1v) is 14.6. The molecule has 7 nitrogen and oxygen atoms in total. The monoisotopic (exact) mass is 533 g/mol. The second-order valence-corrected chi connectivity index (χ2v) is 12.8. The topological polar surface area (TPSA) is 109 Å². The summed E-state index contributed by atoms with van der Waals surface area (Å²) in [4.78, 5) is 32.7. The Bertz CT molecular complexity index is 1320. The highest BCUT2D eigenvalue weighted by atomic mass is 32.1. The average Bonchev–Trinajstić information content (AvgIpc) is 3.55. The van der Waals surface area contributed by atoms with E-state index in [1.54, 1.807) is 0 Å². The molecule has 3 aromatic rings. The van der Waals surface area contributed by atoms with Gasteiger partial charge in [0.05, 0.1) is 10.9 Å². The molecule has 5 N–H and O–H groups in total. The molecule has 1 aromatic carbocycles. The lowest BCUT2D eigenvalue weighted by Gasteiger charge is -2.34. The molecule has 0 radical (unpaired) electrons. The molecule has 0 saturated carbocycles. The van der Waals surface area contributed by atoms with E-state index in [0.29, 0.717) is 29.3 Å². The maximum atomic E-state index is 13.4. The lowest BCUT2D eigenvalue weighted by atomic mass is 9.71.